The first kappa shape index (κ1) is 14.2. The van der Waals surface area contributed by atoms with Gasteiger partial charge in [0.25, 0.3) is 5.91 Å². The number of carbonyl (C=O) groups is 1. The maximum atomic E-state index is 13.3. The molecule has 4 aromatic rings. The molecule has 0 spiro atoms. The lowest BCUT2D eigenvalue weighted by Gasteiger charge is -2.03. The molecular weight excluding hydrogens is 307 g/mol. The number of fused-ring (bicyclic) bond motifs is 1. The third kappa shape index (κ3) is 2.34. The molecule has 0 atom stereocenters. The van der Waals surface area contributed by atoms with Gasteiger partial charge in [0, 0.05) is 40.5 Å². The number of carbonyl (C=O) groups excluding carboxylic acids is 1. The number of aromatic amines is 1. The summed E-state index contributed by atoms with van der Waals surface area (Å²) in [5.74, 6) is -0.236. The van der Waals surface area contributed by atoms with Crippen LogP contribution < -0.4 is 5.73 Å². The zero-order valence-corrected chi connectivity index (χ0v) is 12.5. The summed E-state index contributed by atoms with van der Waals surface area (Å²) in [4.78, 5) is 15.4. The number of benzene rings is 2. The first-order valence-corrected chi connectivity index (χ1v) is 7.35. The Bertz CT molecular complexity index is 1050. The zero-order valence-electron chi connectivity index (χ0n) is 12.5. The van der Waals surface area contributed by atoms with Crippen LogP contribution in [0, 0.1) is 5.82 Å². The number of nitrogens with one attached hydrogen (secondary N) is 1. The Balaban J connectivity index is 1.69. The molecule has 2 aromatic heterocycles. The molecule has 3 N–H and O–H groups in total. The van der Waals surface area contributed by atoms with Gasteiger partial charge in [0.15, 0.2) is 0 Å². The maximum Gasteiger partial charge on any atom is 0.278 e. The van der Waals surface area contributed by atoms with Crippen molar-refractivity contribution in [1.82, 2.24) is 14.8 Å². The van der Waals surface area contributed by atoms with Crippen molar-refractivity contribution < 1.29 is 9.18 Å². The number of aromatic nitrogens is 3. The molecule has 0 bridgehead atoms. The van der Waals surface area contributed by atoms with Gasteiger partial charge in [0.1, 0.15) is 11.6 Å². The zero-order chi connectivity index (χ0) is 16.7. The Morgan fingerprint density at radius 2 is 1.92 bits per heavy atom. The molecule has 0 aliphatic carbocycles. The second-order valence-corrected chi connectivity index (χ2v) is 5.46. The highest BCUT2D eigenvalue weighted by Gasteiger charge is 2.11. The molecule has 0 radical (unpaired) electrons. The average Bonchev–Trinajstić information content (AvgIpc) is 3.20. The Morgan fingerprint density at radius 1 is 1.12 bits per heavy atom. The van der Waals surface area contributed by atoms with Gasteiger partial charge in [-0.1, -0.05) is 12.1 Å². The Morgan fingerprint density at radius 3 is 2.62 bits per heavy atom. The number of H-pyrrole nitrogens is 1. The van der Waals surface area contributed by atoms with Crippen molar-refractivity contribution >= 4 is 22.6 Å². The van der Waals surface area contributed by atoms with E-state index in [2.05, 4.69) is 10.1 Å². The summed E-state index contributed by atoms with van der Waals surface area (Å²) < 4.78 is 14.5. The third-order valence-electron chi connectivity index (χ3n) is 3.90. The highest BCUT2D eigenvalue weighted by molar-refractivity contribution is 5.98. The Kier molecular flexibility index (Phi) is 3.16. The van der Waals surface area contributed by atoms with Crippen LogP contribution in [0.4, 0.5) is 10.2 Å². The fourth-order valence-electron chi connectivity index (χ4n) is 2.71. The van der Waals surface area contributed by atoms with E-state index in [1.54, 1.807) is 24.3 Å². The van der Waals surface area contributed by atoms with E-state index in [4.69, 9.17) is 5.73 Å². The minimum atomic E-state index is -0.282. The number of nitrogen functional groups attached to an aromatic ring is 1. The van der Waals surface area contributed by atoms with Gasteiger partial charge in [-0.2, -0.15) is 0 Å². The molecule has 0 saturated heterocycles. The second kappa shape index (κ2) is 5.34. The quantitative estimate of drug-likeness (QED) is 0.594. The molecule has 0 unspecified atom stereocenters. The van der Waals surface area contributed by atoms with E-state index in [1.807, 2.05) is 18.3 Å². The number of nitrogens with two attached hydrogens (primary N) is 1. The second-order valence-electron chi connectivity index (χ2n) is 5.46. The monoisotopic (exact) mass is 320 g/mol. The molecule has 2 aromatic carbocycles. The van der Waals surface area contributed by atoms with Crippen molar-refractivity contribution in [2.75, 3.05) is 5.73 Å². The molecule has 0 fully saturated rings. The van der Waals surface area contributed by atoms with Gasteiger partial charge in [-0.15, -0.1) is 5.10 Å². The van der Waals surface area contributed by atoms with Crippen LogP contribution in [-0.2, 0) is 0 Å². The van der Waals surface area contributed by atoms with E-state index >= 15 is 0 Å². The molecule has 5 nitrogen and oxygen atoms in total. The fraction of sp³-hybridized carbons (Fsp3) is 0. The minimum absolute atomic E-state index is 0.251. The molecule has 0 saturated carbocycles. The van der Waals surface area contributed by atoms with Crippen LogP contribution in [0.25, 0.3) is 22.0 Å². The van der Waals surface area contributed by atoms with E-state index in [-0.39, 0.29) is 11.7 Å². The number of hydrogen-bond acceptors (Lipinski definition) is 3. The van der Waals surface area contributed by atoms with E-state index in [1.165, 1.54) is 23.0 Å². The van der Waals surface area contributed by atoms with Crippen LogP contribution in [0.5, 0.6) is 0 Å². The maximum absolute atomic E-state index is 13.3. The number of halogens is 1. The van der Waals surface area contributed by atoms with E-state index < -0.39 is 0 Å². The molecule has 6 heteroatoms. The molecule has 0 aliphatic rings. The Hall–Kier alpha value is -3.41. The number of nitrogens with zero attached hydrogens (tertiary/aromatic N) is 2. The van der Waals surface area contributed by atoms with Crippen molar-refractivity contribution in [3.63, 3.8) is 0 Å². The van der Waals surface area contributed by atoms with Crippen LogP contribution in [0.1, 0.15) is 10.4 Å². The van der Waals surface area contributed by atoms with Gasteiger partial charge in [0.2, 0.25) is 0 Å². The highest BCUT2D eigenvalue weighted by Crippen LogP contribution is 2.29. The predicted octanol–water partition coefficient (Wildman–Crippen LogP) is 3.44. The van der Waals surface area contributed by atoms with E-state index in [0.29, 0.717) is 11.4 Å². The SMILES string of the molecule is Nc1ccn(C(=O)c2ccc(-c3c[nH]c4cc(F)ccc34)cc2)n1. The lowest BCUT2D eigenvalue weighted by Crippen LogP contribution is -2.12. The molecule has 4 rings (SSSR count). The largest absolute Gasteiger partial charge is 0.382 e. The summed E-state index contributed by atoms with van der Waals surface area (Å²) in [5.41, 5.74) is 8.66. The number of anilines is 1. The summed E-state index contributed by atoms with van der Waals surface area (Å²) in [6.07, 6.45) is 3.36. The van der Waals surface area contributed by atoms with Crippen molar-refractivity contribution in [2.24, 2.45) is 0 Å². The number of rotatable bonds is 2. The van der Waals surface area contributed by atoms with Crippen molar-refractivity contribution in [3.8, 4) is 11.1 Å². The summed E-state index contributed by atoms with van der Waals surface area (Å²) in [6.45, 7) is 0. The predicted molar refractivity (Wildman–Crippen MR) is 90.1 cm³/mol. The summed E-state index contributed by atoms with van der Waals surface area (Å²) in [5, 5.41) is 4.84. The molecular formula is C18H13FN4O. The topological polar surface area (TPSA) is 76.7 Å². The van der Waals surface area contributed by atoms with Crippen LogP contribution in [0.3, 0.4) is 0 Å². The normalized spacial score (nSPS) is 11.0. The minimum Gasteiger partial charge on any atom is -0.382 e. The lowest BCUT2D eigenvalue weighted by atomic mass is 10.0. The first-order chi connectivity index (χ1) is 11.6. The standard InChI is InChI=1S/C18H13FN4O/c19-13-5-6-14-15(10-21-16(14)9-13)11-1-3-12(4-2-11)18(24)23-8-7-17(20)22-23/h1-10,21H,(H2,20,22). The Labute approximate surface area is 136 Å². The van der Waals surface area contributed by atoms with Crippen LogP contribution in [0.2, 0.25) is 0 Å². The van der Waals surface area contributed by atoms with Gasteiger partial charge in [0.05, 0.1) is 0 Å². The van der Waals surface area contributed by atoms with Gasteiger partial charge in [-0.3, -0.25) is 4.79 Å². The number of hydrogen-bond donors (Lipinski definition) is 2. The fourth-order valence-corrected chi connectivity index (χ4v) is 2.71. The smallest absolute Gasteiger partial charge is 0.278 e. The van der Waals surface area contributed by atoms with Crippen molar-refractivity contribution in [2.45, 2.75) is 0 Å². The van der Waals surface area contributed by atoms with Crippen LogP contribution >= 0.6 is 0 Å². The van der Waals surface area contributed by atoms with Crippen LogP contribution in [0.15, 0.2) is 60.9 Å². The van der Waals surface area contributed by atoms with Gasteiger partial charge in [-0.05, 0) is 35.9 Å². The molecule has 0 amide bonds. The first-order valence-electron chi connectivity index (χ1n) is 7.35. The molecule has 118 valence electrons. The lowest BCUT2D eigenvalue weighted by molar-refractivity contribution is 0.0945. The average molecular weight is 320 g/mol. The van der Waals surface area contributed by atoms with Gasteiger partial charge in [-0.25, -0.2) is 9.07 Å². The molecule has 0 aliphatic heterocycles. The van der Waals surface area contributed by atoms with Crippen molar-refractivity contribution in [1.29, 1.82) is 0 Å². The van der Waals surface area contributed by atoms with E-state index in [9.17, 15) is 9.18 Å². The summed E-state index contributed by atoms with van der Waals surface area (Å²) in [6, 6.07) is 13.4. The van der Waals surface area contributed by atoms with E-state index in [0.717, 1.165) is 22.0 Å². The van der Waals surface area contributed by atoms with Gasteiger partial charge < -0.3 is 10.7 Å². The summed E-state index contributed by atoms with van der Waals surface area (Å²) >= 11 is 0. The van der Waals surface area contributed by atoms with Crippen LogP contribution in [-0.4, -0.2) is 20.7 Å². The summed E-state index contributed by atoms with van der Waals surface area (Å²) in [7, 11) is 0. The van der Waals surface area contributed by atoms with Gasteiger partial charge >= 0.3 is 0 Å². The highest BCUT2D eigenvalue weighted by atomic mass is 19.1. The molecule has 24 heavy (non-hydrogen) atoms. The molecule has 2 heterocycles. The van der Waals surface area contributed by atoms with Crippen molar-refractivity contribution in [3.05, 3.63) is 72.3 Å². The third-order valence-corrected chi connectivity index (χ3v) is 3.90.